The molecule has 2 aromatic rings. The second-order valence-corrected chi connectivity index (χ2v) is 13.8. The van der Waals surface area contributed by atoms with Crippen LogP contribution in [0.3, 0.4) is 0 Å². The van der Waals surface area contributed by atoms with Gasteiger partial charge < -0.3 is 0 Å². The van der Waals surface area contributed by atoms with E-state index in [0.29, 0.717) is 5.16 Å². The maximum atomic E-state index is 5.12. The Balaban J connectivity index is 2.70. The van der Waals surface area contributed by atoms with Crippen LogP contribution in [0, 0.1) is 0 Å². The number of pyridine rings is 1. The zero-order chi connectivity index (χ0) is 16.7. The quantitative estimate of drug-likeness (QED) is 0.679. The van der Waals surface area contributed by atoms with Crippen molar-refractivity contribution in [2.24, 2.45) is 0 Å². The highest BCUT2D eigenvalue weighted by atomic mass is 31.1. The van der Waals surface area contributed by atoms with E-state index in [0.717, 1.165) is 5.52 Å². The molecule has 120 valence electrons. The number of hydrogen-bond acceptors (Lipinski definition) is 1. The van der Waals surface area contributed by atoms with Crippen molar-refractivity contribution >= 4 is 37.5 Å². The van der Waals surface area contributed by atoms with E-state index in [1.807, 2.05) is 0 Å². The second kappa shape index (κ2) is 6.18. The summed E-state index contributed by atoms with van der Waals surface area (Å²) < 4.78 is 0. The molecule has 0 saturated heterocycles. The number of aromatic nitrogens is 1. The lowest BCUT2D eigenvalue weighted by molar-refractivity contribution is 0.788. The van der Waals surface area contributed by atoms with Gasteiger partial charge in [0.25, 0.3) is 0 Å². The molecule has 0 bridgehead atoms. The Morgan fingerprint density at radius 1 is 0.818 bits per heavy atom. The van der Waals surface area contributed by atoms with Gasteiger partial charge in [0.05, 0.1) is 11.0 Å². The van der Waals surface area contributed by atoms with Gasteiger partial charge in [-0.1, -0.05) is 75.6 Å². The molecular weight excluding hydrogens is 304 g/mol. The van der Waals surface area contributed by atoms with Gasteiger partial charge in [-0.3, -0.25) is 0 Å². The molecule has 0 aliphatic rings. The van der Waals surface area contributed by atoms with E-state index in [-0.39, 0.29) is 21.0 Å². The Hall–Kier alpha value is -0.510. The van der Waals surface area contributed by atoms with Crippen LogP contribution in [-0.4, -0.2) is 28.6 Å². The van der Waals surface area contributed by atoms with Gasteiger partial charge in [0.2, 0.25) is 0 Å². The van der Waals surface area contributed by atoms with Crippen molar-refractivity contribution < 1.29 is 0 Å². The first-order chi connectivity index (χ1) is 10.0. The molecule has 0 radical (unpaired) electrons. The van der Waals surface area contributed by atoms with Crippen LogP contribution in [0.4, 0.5) is 0 Å². The van der Waals surface area contributed by atoms with Gasteiger partial charge >= 0.3 is 0 Å². The molecule has 2 atom stereocenters. The minimum absolute atomic E-state index is 0.237. The smallest absolute Gasteiger partial charge is 0.0717 e. The Kier molecular flexibility index (Phi) is 5.01. The summed E-state index contributed by atoms with van der Waals surface area (Å²) in [5.74, 6) is 0. The van der Waals surface area contributed by atoms with Crippen LogP contribution in [0.15, 0.2) is 30.3 Å². The molecule has 0 aliphatic carbocycles. The van der Waals surface area contributed by atoms with Gasteiger partial charge in [-0.2, -0.15) is 0 Å². The highest BCUT2D eigenvalue weighted by Gasteiger charge is 2.30. The monoisotopic (exact) mass is 333 g/mol. The number of hydrogen-bond donors (Lipinski definition) is 0. The lowest BCUT2D eigenvalue weighted by Gasteiger charge is -2.34. The molecule has 0 amide bonds. The van der Waals surface area contributed by atoms with Crippen molar-refractivity contribution in [2.75, 3.05) is 13.3 Å². The first kappa shape index (κ1) is 17.8. The zero-order valence-corrected chi connectivity index (χ0v) is 17.0. The summed E-state index contributed by atoms with van der Waals surface area (Å²) in [6.07, 6.45) is 0. The maximum absolute atomic E-state index is 5.12. The van der Waals surface area contributed by atoms with E-state index in [9.17, 15) is 0 Å². The first-order valence-electron chi connectivity index (χ1n) is 7.89. The average Bonchev–Trinajstić information content (AvgIpc) is 2.42. The molecule has 0 fully saturated rings. The molecule has 1 aromatic heterocycles. The molecule has 0 saturated carbocycles. The number of rotatable bonds is 2. The van der Waals surface area contributed by atoms with Crippen LogP contribution in [0.5, 0.6) is 0 Å². The van der Waals surface area contributed by atoms with E-state index in [2.05, 4.69) is 85.2 Å². The lowest BCUT2D eigenvalue weighted by Crippen LogP contribution is -2.34. The molecular formula is C19H29NP2. The van der Waals surface area contributed by atoms with Gasteiger partial charge in [-0.05, 0) is 35.8 Å². The number of para-hydroxylation sites is 1. The fraction of sp³-hybridized carbons (Fsp3) is 0.526. The van der Waals surface area contributed by atoms with Crippen molar-refractivity contribution in [3.63, 3.8) is 0 Å². The zero-order valence-electron chi connectivity index (χ0n) is 15.2. The molecule has 2 rings (SSSR count). The summed E-state index contributed by atoms with van der Waals surface area (Å²) in [5, 5.41) is 3.37. The SMILES string of the molecule is CP(c1cc2ccccc2nc1P(C)C(C)(C)C)C(C)(C)C. The van der Waals surface area contributed by atoms with Crippen LogP contribution in [0.2, 0.25) is 0 Å². The summed E-state index contributed by atoms with van der Waals surface area (Å²) in [7, 11) is -0.522. The molecule has 0 N–H and O–H groups in total. The lowest BCUT2D eigenvalue weighted by atomic mass is 10.2. The van der Waals surface area contributed by atoms with Crippen molar-refractivity contribution in [3.05, 3.63) is 30.3 Å². The van der Waals surface area contributed by atoms with Gasteiger partial charge in [0.1, 0.15) is 0 Å². The van der Waals surface area contributed by atoms with Crippen LogP contribution in [0.25, 0.3) is 10.9 Å². The highest BCUT2D eigenvalue weighted by molar-refractivity contribution is 7.72. The third kappa shape index (κ3) is 3.69. The van der Waals surface area contributed by atoms with E-state index >= 15 is 0 Å². The summed E-state index contributed by atoms with van der Waals surface area (Å²) in [4.78, 5) is 5.12. The summed E-state index contributed by atoms with van der Waals surface area (Å²) in [5.41, 5.74) is 2.50. The Labute approximate surface area is 138 Å². The Morgan fingerprint density at radius 3 is 1.91 bits per heavy atom. The number of nitrogens with zero attached hydrogens (tertiary/aromatic N) is 1. The highest BCUT2D eigenvalue weighted by Crippen LogP contribution is 2.49. The second-order valence-electron chi connectivity index (χ2n) is 7.98. The van der Waals surface area contributed by atoms with Crippen LogP contribution in [-0.2, 0) is 0 Å². The van der Waals surface area contributed by atoms with Crippen molar-refractivity contribution in [1.82, 2.24) is 4.98 Å². The molecule has 1 heterocycles. The third-order valence-corrected chi connectivity index (χ3v) is 10.6. The van der Waals surface area contributed by atoms with Gasteiger partial charge in [-0.25, -0.2) is 4.98 Å². The Morgan fingerprint density at radius 2 is 1.36 bits per heavy atom. The van der Waals surface area contributed by atoms with Crippen LogP contribution < -0.4 is 10.7 Å². The summed E-state index contributed by atoms with van der Waals surface area (Å²) in [6.45, 7) is 18.9. The molecule has 0 spiro atoms. The average molecular weight is 333 g/mol. The minimum Gasteiger partial charge on any atom is -0.247 e. The predicted octanol–water partition coefficient (Wildman–Crippen LogP) is 5.31. The summed E-state index contributed by atoms with van der Waals surface area (Å²) >= 11 is 0. The number of benzene rings is 1. The van der Waals surface area contributed by atoms with E-state index in [1.165, 1.54) is 16.1 Å². The topological polar surface area (TPSA) is 12.9 Å². The fourth-order valence-electron chi connectivity index (χ4n) is 2.27. The molecule has 2 unspecified atom stereocenters. The number of fused-ring (bicyclic) bond motifs is 1. The van der Waals surface area contributed by atoms with Crippen LogP contribution in [0.1, 0.15) is 41.5 Å². The standard InChI is InChI=1S/C19H29NP2/c1-18(2,3)21(7)16-13-14-11-9-10-12-15(14)20-17(16)22(8)19(4,5)6/h9-13H,1-8H3. The predicted molar refractivity (Wildman–Crippen MR) is 106 cm³/mol. The molecule has 1 aromatic carbocycles. The van der Waals surface area contributed by atoms with Gasteiger partial charge in [-0.15, -0.1) is 0 Å². The normalized spacial score (nSPS) is 15.8. The van der Waals surface area contributed by atoms with E-state index < -0.39 is 0 Å². The summed E-state index contributed by atoms with van der Waals surface area (Å²) in [6, 6.07) is 11.0. The van der Waals surface area contributed by atoms with Crippen molar-refractivity contribution in [1.29, 1.82) is 0 Å². The largest absolute Gasteiger partial charge is 0.247 e. The first-order valence-corrected chi connectivity index (χ1v) is 11.5. The Bertz CT molecular complexity index is 607. The molecule has 0 aliphatic heterocycles. The molecule has 3 heteroatoms. The van der Waals surface area contributed by atoms with E-state index in [1.54, 1.807) is 0 Å². The fourth-order valence-corrected chi connectivity index (χ4v) is 5.87. The van der Waals surface area contributed by atoms with Crippen LogP contribution >= 0.6 is 15.8 Å². The minimum atomic E-state index is -0.285. The van der Waals surface area contributed by atoms with Crippen molar-refractivity contribution in [2.45, 2.75) is 51.9 Å². The van der Waals surface area contributed by atoms with Gasteiger partial charge in [0, 0.05) is 10.7 Å². The van der Waals surface area contributed by atoms with Gasteiger partial charge in [0.15, 0.2) is 0 Å². The van der Waals surface area contributed by atoms with Crippen molar-refractivity contribution in [3.8, 4) is 0 Å². The van der Waals surface area contributed by atoms with E-state index in [4.69, 9.17) is 4.98 Å². The third-order valence-electron chi connectivity index (χ3n) is 4.38. The molecule has 22 heavy (non-hydrogen) atoms. The maximum Gasteiger partial charge on any atom is 0.0717 e. The molecule has 1 nitrogen and oxygen atoms in total.